The number of unbranched alkanes of at least 4 members (excludes halogenated alkanes) is 1. The van der Waals surface area contributed by atoms with Crippen molar-refractivity contribution in [2.24, 2.45) is 0 Å². The minimum atomic E-state index is -3.17. The van der Waals surface area contributed by atoms with Crippen molar-refractivity contribution in [1.29, 1.82) is 0 Å². The van der Waals surface area contributed by atoms with Crippen molar-refractivity contribution in [1.82, 2.24) is 9.55 Å². The highest BCUT2D eigenvalue weighted by Crippen LogP contribution is 2.35. The van der Waals surface area contributed by atoms with Crippen molar-refractivity contribution < 1.29 is 39.6 Å². The Balaban J connectivity index is 3.47. The van der Waals surface area contributed by atoms with E-state index in [0.717, 1.165) is 37.9 Å². The summed E-state index contributed by atoms with van der Waals surface area (Å²) in [4.78, 5) is 28.2. The average molecular weight is 725 g/mol. The molecule has 0 aliphatic rings. The third kappa shape index (κ3) is 17.8. The molecule has 1 aromatic rings. The van der Waals surface area contributed by atoms with Crippen molar-refractivity contribution in [3.05, 3.63) is 18.7 Å². The molecular weight excluding hydrogens is 665 g/mol. The Morgan fingerprint density at radius 3 is 1.52 bits per heavy atom. The topological polar surface area (TPSA) is 117 Å². The number of aryl methyl sites for hydroxylation is 1. The number of hydrogen-bond acceptors (Lipinski definition) is 10. The van der Waals surface area contributed by atoms with Crippen LogP contribution in [0.5, 0.6) is 0 Å². The molecule has 1 heterocycles. The Morgan fingerprint density at radius 2 is 1.09 bits per heavy atom. The Hall–Kier alpha value is -0.749. The largest absolute Gasteiger partial charge is 0.485 e. The zero-order valence-electron chi connectivity index (χ0n) is 29.7. The number of imidazole rings is 1. The van der Waals surface area contributed by atoms with E-state index in [2.05, 4.69) is 68.5 Å². The first-order chi connectivity index (χ1) is 20.0. The van der Waals surface area contributed by atoms with Crippen molar-refractivity contribution in [2.75, 3.05) is 13.7 Å². The van der Waals surface area contributed by atoms with E-state index in [1.165, 1.54) is 13.8 Å². The standard InChI is InChI=1S/C27H60N2O9Si6/c1-26(30)33-41(10,34-27(2)31)23-24-44(13,36-40(7,8)9)38-43(12,22-16-18-29-19-17-28-25-29)37-42(11,35-39(4,5)6)21-15-14-20-32-3/h17,19,25H,14-16,18,20-24H2,1-13H3. The monoisotopic (exact) mass is 724 g/mol. The zero-order chi connectivity index (χ0) is 33.9. The number of hydrogen-bond donors (Lipinski definition) is 0. The summed E-state index contributed by atoms with van der Waals surface area (Å²) in [6, 6.07) is 2.50. The first kappa shape index (κ1) is 41.3. The van der Waals surface area contributed by atoms with Crippen LogP contribution in [-0.4, -0.2) is 86.1 Å². The molecule has 3 atom stereocenters. The first-order valence-electron chi connectivity index (χ1n) is 15.7. The average Bonchev–Trinajstić information content (AvgIpc) is 3.30. The molecule has 0 amide bonds. The highest BCUT2D eigenvalue weighted by molar-refractivity contribution is 6.91. The van der Waals surface area contributed by atoms with Gasteiger partial charge in [0.15, 0.2) is 16.6 Å². The number of aromatic nitrogens is 2. The van der Waals surface area contributed by atoms with E-state index in [1.807, 2.05) is 12.5 Å². The minimum absolute atomic E-state index is 0.385. The maximum atomic E-state index is 12.0. The zero-order valence-corrected chi connectivity index (χ0v) is 35.7. The fourth-order valence-electron chi connectivity index (χ4n) is 5.46. The van der Waals surface area contributed by atoms with Gasteiger partial charge in [-0.15, -0.1) is 0 Å². The number of nitrogens with zero attached hydrogens (tertiary/aromatic N) is 2. The highest BCUT2D eigenvalue weighted by Gasteiger charge is 2.52. The van der Waals surface area contributed by atoms with Crippen LogP contribution in [0, 0.1) is 0 Å². The predicted molar refractivity (Wildman–Crippen MR) is 188 cm³/mol. The third-order valence-corrected chi connectivity index (χ3v) is 28.5. The molecule has 3 unspecified atom stereocenters. The van der Waals surface area contributed by atoms with Crippen LogP contribution < -0.4 is 0 Å². The Labute approximate surface area is 272 Å². The molecule has 1 aromatic heterocycles. The predicted octanol–water partition coefficient (Wildman–Crippen LogP) is 6.85. The second-order valence-corrected chi connectivity index (χ2v) is 37.4. The molecule has 0 saturated heterocycles. The van der Waals surface area contributed by atoms with E-state index < -0.39 is 62.8 Å². The molecule has 0 spiro atoms. The van der Waals surface area contributed by atoms with Crippen LogP contribution in [0.2, 0.25) is 89.6 Å². The number of ether oxygens (including phenoxy) is 1. The van der Waals surface area contributed by atoms with Gasteiger partial charge in [-0.2, -0.15) is 0 Å². The molecule has 0 bridgehead atoms. The van der Waals surface area contributed by atoms with Gasteiger partial charge in [-0.05, 0) is 96.3 Å². The summed E-state index contributed by atoms with van der Waals surface area (Å²) in [5.41, 5.74) is 0. The number of rotatable bonds is 22. The summed E-state index contributed by atoms with van der Waals surface area (Å²) < 4.78 is 47.1. The number of carbonyl (C=O) groups excluding carboxylic acids is 2. The van der Waals surface area contributed by atoms with Crippen LogP contribution in [0.15, 0.2) is 18.7 Å². The van der Waals surface area contributed by atoms with Gasteiger partial charge < -0.3 is 34.6 Å². The molecule has 44 heavy (non-hydrogen) atoms. The van der Waals surface area contributed by atoms with Crippen LogP contribution in [-0.2, 0) is 46.2 Å². The van der Waals surface area contributed by atoms with E-state index in [0.29, 0.717) is 18.7 Å². The van der Waals surface area contributed by atoms with Gasteiger partial charge in [0.25, 0.3) is 11.9 Å². The molecule has 0 radical (unpaired) electrons. The van der Waals surface area contributed by atoms with Gasteiger partial charge in [0.2, 0.25) is 0 Å². The van der Waals surface area contributed by atoms with E-state index in [4.69, 9.17) is 30.0 Å². The van der Waals surface area contributed by atoms with Crippen molar-refractivity contribution in [3.63, 3.8) is 0 Å². The number of carbonyl (C=O) groups is 2. The summed E-state index contributed by atoms with van der Waals surface area (Å²) in [7, 11) is -14.0. The lowest BCUT2D eigenvalue weighted by Gasteiger charge is -2.45. The molecule has 0 aliphatic carbocycles. The van der Waals surface area contributed by atoms with Gasteiger partial charge in [0.05, 0.1) is 6.33 Å². The van der Waals surface area contributed by atoms with Crippen molar-refractivity contribution in [2.45, 2.75) is 129 Å². The Morgan fingerprint density at radius 1 is 0.636 bits per heavy atom. The summed E-state index contributed by atoms with van der Waals surface area (Å²) >= 11 is 0. The Bertz CT molecular complexity index is 1010. The molecule has 17 heteroatoms. The molecule has 0 N–H and O–H groups in total. The van der Waals surface area contributed by atoms with Gasteiger partial charge in [0.1, 0.15) is 0 Å². The molecule has 1 rings (SSSR count). The summed E-state index contributed by atoms with van der Waals surface area (Å²) in [6.45, 7) is 25.4. The lowest BCUT2D eigenvalue weighted by atomic mass is 10.4. The van der Waals surface area contributed by atoms with Gasteiger partial charge in [-0.25, -0.2) is 4.98 Å². The first-order valence-corrected chi connectivity index (χ1v) is 32.6. The van der Waals surface area contributed by atoms with E-state index in [9.17, 15) is 9.59 Å². The molecule has 256 valence electrons. The maximum absolute atomic E-state index is 12.0. The molecule has 11 nitrogen and oxygen atoms in total. The maximum Gasteiger partial charge on any atom is 0.460 e. The molecule has 0 aliphatic heterocycles. The van der Waals surface area contributed by atoms with Crippen molar-refractivity contribution in [3.8, 4) is 0 Å². The Kier molecular flexibility index (Phi) is 16.3. The lowest BCUT2D eigenvalue weighted by Crippen LogP contribution is -2.61. The fraction of sp³-hybridized carbons (Fsp3) is 0.815. The van der Waals surface area contributed by atoms with Crippen LogP contribution in [0.3, 0.4) is 0 Å². The van der Waals surface area contributed by atoms with Crippen LogP contribution in [0.4, 0.5) is 0 Å². The fourth-order valence-corrected chi connectivity index (χ4v) is 34.0. The van der Waals surface area contributed by atoms with Gasteiger partial charge in [0, 0.05) is 59.1 Å². The molecule has 0 saturated carbocycles. The normalized spacial score (nSPS) is 16.9. The summed E-state index contributed by atoms with van der Waals surface area (Å²) in [5.74, 6) is -0.923. The molecule has 0 aromatic carbocycles. The second-order valence-electron chi connectivity index (χ2n) is 14.2. The number of methoxy groups -OCH3 is 1. The van der Waals surface area contributed by atoms with Crippen LogP contribution >= 0.6 is 0 Å². The highest BCUT2D eigenvalue weighted by atomic mass is 28.5. The SMILES string of the molecule is COCCCC[Si](C)(O[Si](C)(C)C)O[Si](C)(CCCn1ccnc1)O[Si](C)(CC[Si](C)(OC(C)=O)OC(C)=O)O[Si](C)(C)C. The van der Waals surface area contributed by atoms with Gasteiger partial charge in [-0.1, -0.05) is 0 Å². The van der Waals surface area contributed by atoms with Gasteiger partial charge in [-0.3, -0.25) is 9.59 Å². The summed E-state index contributed by atoms with van der Waals surface area (Å²) in [5, 5.41) is 0. The van der Waals surface area contributed by atoms with E-state index >= 15 is 0 Å². The van der Waals surface area contributed by atoms with Crippen molar-refractivity contribution >= 4 is 62.8 Å². The summed E-state index contributed by atoms with van der Waals surface area (Å²) in [6.07, 6.45) is 8.32. The van der Waals surface area contributed by atoms with Crippen LogP contribution in [0.25, 0.3) is 0 Å². The van der Waals surface area contributed by atoms with E-state index in [-0.39, 0.29) is 0 Å². The third-order valence-electron chi connectivity index (χ3n) is 6.50. The van der Waals surface area contributed by atoms with Gasteiger partial charge >= 0.3 is 34.2 Å². The second kappa shape index (κ2) is 17.4. The van der Waals surface area contributed by atoms with Crippen LogP contribution in [0.1, 0.15) is 33.1 Å². The minimum Gasteiger partial charge on any atom is -0.485 e. The molecular formula is C27H60N2O9Si6. The lowest BCUT2D eigenvalue weighted by molar-refractivity contribution is -0.138. The smallest absolute Gasteiger partial charge is 0.460 e. The quantitative estimate of drug-likeness (QED) is 0.0929. The molecule has 0 fully saturated rings. The van der Waals surface area contributed by atoms with E-state index in [1.54, 1.807) is 19.9 Å².